The van der Waals surface area contributed by atoms with Gasteiger partial charge in [0.25, 0.3) is 5.43 Å². The minimum Gasteiger partial charge on any atom is -0.281 e. The largest absolute Gasteiger partial charge is 0.320 e. The lowest BCUT2D eigenvalue weighted by Gasteiger charge is -1.84. The van der Waals surface area contributed by atoms with Gasteiger partial charge in [0.15, 0.2) is 0 Å². The molecule has 0 saturated heterocycles. The lowest BCUT2D eigenvalue weighted by molar-refractivity contribution is 1.31. The average molecular weight is 184 g/mol. The normalized spacial score (nSPS) is 11.4. The summed E-state index contributed by atoms with van der Waals surface area (Å²) in [6.07, 6.45) is 0. The molecule has 0 saturated carbocycles. The molecule has 3 rings (SSSR count). The highest BCUT2D eigenvalue weighted by Crippen LogP contribution is 2.25. The minimum atomic E-state index is -0.715. The molecule has 0 spiro atoms. The zero-order chi connectivity index (χ0) is 9.71. The highest BCUT2D eigenvalue weighted by molar-refractivity contribution is 5.95. The second-order valence-corrected chi connectivity index (χ2v) is 3.07. The van der Waals surface area contributed by atoms with Gasteiger partial charge in [0, 0.05) is 5.39 Å². The summed E-state index contributed by atoms with van der Waals surface area (Å²) in [6, 6.07) is 7.25. The van der Waals surface area contributed by atoms with Crippen molar-refractivity contribution in [3.05, 3.63) is 44.8 Å². The zero-order valence-corrected chi connectivity index (χ0v) is 7.02. The molecule has 14 heavy (non-hydrogen) atoms. The van der Waals surface area contributed by atoms with Gasteiger partial charge in [-0.05, 0) is 6.07 Å². The Balaban J connectivity index is 2.65. The molecule has 0 unspecified atom stereocenters. The third-order valence-corrected chi connectivity index (χ3v) is 2.24. The van der Waals surface area contributed by atoms with Gasteiger partial charge in [-0.1, -0.05) is 18.2 Å². The van der Waals surface area contributed by atoms with Gasteiger partial charge >= 0.3 is 5.56 Å². The van der Waals surface area contributed by atoms with Crippen LogP contribution in [-0.2, 0) is 0 Å². The number of fused-ring (bicyclic) bond motifs is 3. The van der Waals surface area contributed by atoms with Crippen molar-refractivity contribution in [2.24, 2.45) is 0 Å². The van der Waals surface area contributed by atoms with E-state index in [1.54, 1.807) is 12.1 Å². The summed E-state index contributed by atoms with van der Waals surface area (Å²) in [5.74, 6) is 0. The number of hydrogen-bond donors (Lipinski definition) is 0. The molecule has 0 bridgehead atoms. The van der Waals surface area contributed by atoms with E-state index in [4.69, 9.17) is 0 Å². The van der Waals surface area contributed by atoms with E-state index in [2.05, 4.69) is 9.97 Å². The van der Waals surface area contributed by atoms with Gasteiger partial charge in [0.05, 0.1) is 5.52 Å². The predicted molar refractivity (Wildman–Crippen MR) is 51.1 cm³/mol. The summed E-state index contributed by atoms with van der Waals surface area (Å²) in [5, 5.41) is 0.765. The maximum absolute atomic E-state index is 11.3. The molecular weight excluding hydrogens is 180 g/mol. The Labute approximate surface area is 77.9 Å². The van der Waals surface area contributed by atoms with Crippen LogP contribution in [0, 0.1) is 0 Å². The van der Waals surface area contributed by atoms with Crippen LogP contribution in [0.3, 0.4) is 0 Å². The highest BCUT2D eigenvalue weighted by Gasteiger charge is 2.20. The Morgan fingerprint density at radius 2 is 1.71 bits per heavy atom. The first-order valence-electron chi connectivity index (χ1n) is 4.13. The third-order valence-electron chi connectivity index (χ3n) is 2.24. The van der Waals surface area contributed by atoms with Crippen LogP contribution < -0.4 is 11.0 Å². The number of nitrogens with zero attached hydrogens (tertiary/aromatic N) is 2. The van der Waals surface area contributed by atoms with Crippen molar-refractivity contribution in [2.45, 2.75) is 0 Å². The van der Waals surface area contributed by atoms with E-state index in [1.807, 2.05) is 12.1 Å². The van der Waals surface area contributed by atoms with Crippen LogP contribution in [0.25, 0.3) is 22.3 Å². The quantitative estimate of drug-likeness (QED) is 0.472. The molecule has 4 nitrogen and oxygen atoms in total. The highest BCUT2D eigenvalue weighted by atomic mass is 16.2. The van der Waals surface area contributed by atoms with Crippen LogP contribution >= 0.6 is 0 Å². The van der Waals surface area contributed by atoms with Crippen molar-refractivity contribution in [3.8, 4) is 11.4 Å². The SMILES string of the molecule is O=c1nc2c3ccccc3nc-2c1=O. The Bertz CT molecular complexity index is 680. The van der Waals surface area contributed by atoms with Crippen molar-refractivity contribution in [1.29, 1.82) is 0 Å². The molecule has 0 atom stereocenters. The van der Waals surface area contributed by atoms with E-state index < -0.39 is 11.0 Å². The van der Waals surface area contributed by atoms with Crippen molar-refractivity contribution in [1.82, 2.24) is 9.97 Å². The molecule has 0 aromatic heterocycles. The number of aromatic nitrogens is 2. The summed E-state index contributed by atoms with van der Waals surface area (Å²) < 4.78 is 0. The van der Waals surface area contributed by atoms with Gasteiger partial charge in [-0.3, -0.25) is 9.59 Å². The third kappa shape index (κ3) is 0.724. The lowest BCUT2D eigenvalue weighted by atomic mass is 10.2. The molecule has 0 N–H and O–H groups in total. The molecule has 0 fully saturated rings. The minimum absolute atomic E-state index is 0.191. The van der Waals surface area contributed by atoms with Crippen molar-refractivity contribution >= 4 is 10.9 Å². The Kier molecular flexibility index (Phi) is 1.16. The molecule has 0 aliphatic carbocycles. The number of rotatable bonds is 0. The van der Waals surface area contributed by atoms with Crippen LogP contribution in [0.15, 0.2) is 33.9 Å². The molecule has 1 aromatic carbocycles. The molecule has 2 heterocycles. The fraction of sp³-hybridized carbons (Fsp3) is 0. The van der Waals surface area contributed by atoms with Crippen LogP contribution in [0.5, 0.6) is 0 Å². The Hall–Kier alpha value is -2.10. The fourth-order valence-corrected chi connectivity index (χ4v) is 1.60. The first-order chi connectivity index (χ1) is 6.77. The fourth-order valence-electron chi connectivity index (χ4n) is 1.60. The van der Waals surface area contributed by atoms with Gasteiger partial charge in [-0.2, -0.15) is 0 Å². The maximum Gasteiger partial charge on any atom is 0.320 e. The molecular formula is C10H4N2O2. The summed E-state index contributed by atoms with van der Waals surface area (Å²) in [4.78, 5) is 30.0. The van der Waals surface area contributed by atoms with E-state index in [-0.39, 0.29) is 5.69 Å². The van der Waals surface area contributed by atoms with Crippen molar-refractivity contribution in [3.63, 3.8) is 0 Å². The van der Waals surface area contributed by atoms with Crippen molar-refractivity contribution < 1.29 is 0 Å². The van der Waals surface area contributed by atoms with Gasteiger partial charge < -0.3 is 0 Å². The van der Waals surface area contributed by atoms with Gasteiger partial charge in [0.1, 0.15) is 11.4 Å². The number of hydrogen-bond acceptors (Lipinski definition) is 4. The number of benzene rings is 1. The van der Waals surface area contributed by atoms with E-state index in [9.17, 15) is 9.59 Å². The number of para-hydroxylation sites is 1. The van der Waals surface area contributed by atoms with E-state index in [1.165, 1.54) is 0 Å². The van der Waals surface area contributed by atoms with Gasteiger partial charge in [0.2, 0.25) is 0 Å². The van der Waals surface area contributed by atoms with E-state index in [0.717, 1.165) is 5.39 Å². The molecule has 1 aromatic rings. The topological polar surface area (TPSA) is 59.9 Å². The maximum atomic E-state index is 11.3. The zero-order valence-electron chi connectivity index (χ0n) is 7.02. The monoisotopic (exact) mass is 184 g/mol. The van der Waals surface area contributed by atoms with Crippen LogP contribution in [-0.4, -0.2) is 9.97 Å². The van der Waals surface area contributed by atoms with Gasteiger partial charge in [-0.15, -0.1) is 0 Å². The van der Waals surface area contributed by atoms with Crippen LogP contribution in [0.1, 0.15) is 0 Å². The summed E-state index contributed by atoms with van der Waals surface area (Å²) in [6.45, 7) is 0. The summed E-state index contributed by atoms with van der Waals surface area (Å²) >= 11 is 0. The molecule has 2 aliphatic heterocycles. The Morgan fingerprint density at radius 3 is 2.57 bits per heavy atom. The molecule has 0 radical (unpaired) electrons. The summed E-state index contributed by atoms with van der Waals surface area (Å²) in [7, 11) is 0. The molecule has 66 valence electrons. The second kappa shape index (κ2) is 2.23. The lowest BCUT2D eigenvalue weighted by Crippen LogP contribution is -2.19. The molecule has 4 heteroatoms. The van der Waals surface area contributed by atoms with Crippen LogP contribution in [0.2, 0.25) is 0 Å². The van der Waals surface area contributed by atoms with E-state index >= 15 is 0 Å². The van der Waals surface area contributed by atoms with E-state index in [0.29, 0.717) is 11.2 Å². The van der Waals surface area contributed by atoms with Crippen LogP contribution in [0.4, 0.5) is 0 Å². The first kappa shape index (κ1) is 7.32. The van der Waals surface area contributed by atoms with Crippen molar-refractivity contribution in [2.75, 3.05) is 0 Å². The molecule has 0 amide bonds. The second-order valence-electron chi connectivity index (χ2n) is 3.07. The standard InChI is InChI=1S/C10H4N2O2/c13-9-8-7(12-10(9)14)5-3-1-2-4-6(5)11-8/h1-4H. The van der Waals surface area contributed by atoms with Gasteiger partial charge in [-0.25, -0.2) is 9.97 Å². The summed E-state index contributed by atoms with van der Waals surface area (Å²) in [5.41, 5.74) is 0.0124. The Morgan fingerprint density at radius 1 is 0.929 bits per heavy atom. The first-order valence-corrected chi connectivity index (χ1v) is 4.13. The average Bonchev–Trinajstić information content (AvgIpc) is 2.67. The smallest absolute Gasteiger partial charge is 0.281 e. The molecule has 2 aliphatic rings. The predicted octanol–water partition coefficient (Wildman–Crippen LogP) is 0.331.